The second-order valence-electron chi connectivity index (χ2n) is 5.89. The van der Waals surface area contributed by atoms with Gasteiger partial charge in [-0.05, 0) is 23.6 Å². The molecule has 0 amide bonds. The molecule has 5 aromatic rings. The van der Waals surface area contributed by atoms with Crippen LogP contribution in [0.15, 0.2) is 83.5 Å². The van der Waals surface area contributed by atoms with Crippen molar-refractivity contribution in [3.05, 3.63) is 83.5 Å². The number of rotatable bonds is 1. The molecular formula is C21H13BrN2. The maximum Gasteiger partial charge on any atom is 0.145 e. The van der Waals surface area contributed by atoms with Crippen molar-refractivity contribution in [2.75, 3.05) is 0 Å². The molecule has 0 unspecified atom stereocenters. The third-order valence-corrected chi connectivity index (χ3v) is 4.94. The van der Waals surface area contributed by atoms with Gasteiger partial charge in [0.25, 0.3) is 0 Å². The molecule has 114 valence electrons. The van der Waals surface area contributed by atoms with Gasteiger partial charge in [-0.1, -0.05) is 70.5 Å². The van der Waals surface area contributed by atoms with Crippen LogP contribution in [-0.4, -0.2) is 9.38 Å². The molecule has 0 bridgehead atoms. The fourth-order valence-corrected chi connectivity index (χ4v) is 3.76. The summed E-state index contributed by atoms with van der Waals surface area (Å²) in [5.41, 5.74) is 4.28. The van der Waals surface area contributed by atoms with Crippen molar-refractivity contribution < 1.29 is 0 Å². The zero-order valence-corrected chi connectivity index (χ0v) is 14.4. The average Bonchev–Trinajstić information content (AvgIpc) is 3.08. The summed E-state index contributed by atoms with van der Waals surface area (Å²) in [4.78, 5) is 4.94. The van der Waals surface area contributed by atoms with Gasteiger partial charge in [0, 0.05) is 27.0 Å². The second kappa shape index (κ2) is 5.18. The normalized spacial score (nSPS) is 11.5. The zero-order chi connectivity index (χ0) is 16.1. The van der Waals surface area contributed by atoms with Crippen molar-refractivity contribution in [2.24, 2.45) is 0 Å². The molecule has 0 atom stereocenters. The Balaban J connectivity index is 1.95. The SMILES string of the molecule is Brc1cccc(-c2cn3c4ccccc4c4ccccc4c3n2)c1. The molecule has 0 radical (unpaired) electrons. The molecule has 24 heavy (non-hydrogen) atoms. The first-order valence-electron chi connectivity index (χ1n) is 7.86. The lowest BCUT2D eigenvalue weighted by molar-refractivity contribution is 1.27. The Kier molecular flexibility index (Phi) is 2.97. The highest BCUT2D eigenvalue weighted by Gasteiger charge is 2.12. The number of aromatic nitrogens is 2. The van der Waals surface area contributed by atoms with Gasteiger partial charge in [-0.3, -0.25) is 4.40 Å². The van der Waals surface area contributed by atoms with E-state index in [4.69, 9.17) is 4.98 Å². The first-order valence-corrected chi connectivity index (χ1v) is 8.65. The van der Waals surface area contributed by atoms with Gasteiger partial charge in [0.1, 0.15) is 5.65 Å². The maximum atomic E-state index is 4.94. The number of para-hydroxylation sites is 1. The van der Waals surface area contributed by atoms with Crippen LogP contribution in [0.3, 0.4) is 0 Å². The molecular weight excluding hydrogens is 360 g/mol. The number of benzene rings is 3. The van der Waals surface area contributed by atoms with E-state index in [1.807, 2.05) is 12.1 Å². The van der Waals surface area contributed by atoms with E-state index in [-0.39, 0.29) is 0 Å². The van der Waals surface area contributed by atoms with Crippen LogP contribution in [0.1, 0.15) is 0 Å². The lowest BCUT2D eigenvalue weighted by Crippen LogP contribution is -1.89. The van der Waals surface area contributed by atoms with Crippen LogP contribution in [0.5, 0.6) is 0 Å². The van der Waals surface area contributed by atoms with Crippen LogP contribution in [0.25, 0.3) is 38.6 Å². The molecule has 2 aromatic heterocycles. The number of halogens is 1. The van der Waals surface area contributed by atoms with Crippen molar-refractivity contribution >= 4 is 43.3 Å². The van der Waals surface area contributed by atoms with Crippen molar-refractivity contribution in [2.45, 2.75) is 0 Å². The third-order valence-electron chi connectivity index (χ3n) is 4.45. The zero-order valence-electron chi connectivity index (χ0n) is 12.8. The largest absolute Gasteiger partial charge is 0.298 e. The molecule has 0 aliphatic rings. The van der Waals surface area contributed by atoms with Crippen LogP contribution in [-0.2, 0) is 0 Å². The molecule has 3 aromatic carbocycles. The Morgan fingerprint density at radius 1 is 0.750 bits per heavy atom. The third kappa shape index (κ3) is 1.98. The van der Waals surface area contributed by atoms with Gasteiger partial charge in [-0.15, -0.1) is 0 Å². The van der Waals surface area contributed by atoms with Gasteiger partial charge in [-0.25, -0.2) is 4.98 Å². The predicted octanol–water partition coefficient (Wildman–Crippen LogP) is 6.07. The van der Waals surface area contributed by atoms with Crippen LogP contribution in [0.2, 0.25) is 0 Å². The molecule has 2 heterocycles. The van der Waals surface area contributed by atoms with Gasteiger partial charge in [0.2, 0.25) is 0 Å². The minimum atomic E-state index is 0.984. The minimum absolute atomic E-state index is 0.984. The monoisotopic (exact) mass is 372 g/mol. The first kappa shape index (κ1) is 13.8. The maximum absolute atomic E-state index is 4.94. The molecule has 3 heteroatoms. The van der Waals surface area contributed by atoms with E-state index in [9.17, 15) is 0 Å². The van der Waals surface area contributed by atoms with Crippen molar-refractivity contribution in [1.82, 2.24) is 9.38 Å². The van der Waals surface area contributed by atoms with E-state index in [2.05, 4.69) is 87.2 Å². The molecule has 0 aliphatic carbocycles. The van der Waals surface area contributed by atoms with E-state index in [1.165, 1.54) is 21.7 Å². The van der Waals surface area contributed by atoms with Crippen molar-refractivity contribution in [1.29, 1.82) is 0 Å². The van der Waals surface area contributed by atoms with Gasteiger partial charge in [0.15, 0.2) is 0 Å². The summed E-state index contributed by atoms with van der Waals surface area (Å²) in [7, 11) is 0. The Morgan fingerprint density at radius 2 is 1.50 bits per heavy atom. The highest BCUT2D eigenvalue weighted by Crippen LogP contribution is 2.31. The summed E-state index contributed by atoms with van der Waals surface area (Å²) in [6.45, 7) is 0. The average molecular weight is 373 g/mol. The summed E-state index contributed by atoms with van der Waals surface area (Å²) in [5, 5.41) is 3.67. The first-order chi connectivity index (χ1) is 11.8. The van der Waals surface area contributed by atoms with Crippen LogP contribution < -0.4 is 0 Å². The fourth-order valence-electron chi connectivity index (χ4n) is 3.37. The molecule has 0 saturated heterocycles. The summed E-state index contributed by atoms with van der Waals surface area (Å²) in [6, 6.07) is 25.2. The Labute approximate surface area is 147 Å². The van der Waals surface area contributed by atoms with E-state index < -0.39 is 0 Å². The van der Waals surface area contributed by atoms with Gasteiger partial charge >= 0.3 is 0 Å². The number of imidazole rings is 1. The summed E-state index contributed by atoms with van der Waals surface area (Å²) < 4.78 is 3.26. The molecule has 0 spiro atoms. The highest BCUT2D eigenvalue weighted by atomic mass is 79.9. The van der Waals surface area contributed by atoms with E-state index in [0.717, 1.165) is 21.4 Å². The number of pyridine rings is 1. The van der Waals surface area contributed by atoms with Gasteiger partial charge in [0.05, 0.1) is 11.2 Å². The molecule has 2 nitrogen and oxygen atoms in total. The Morgan fingerprint density at radius 3 is 2.33 bits per heavy atom. The van der Waals surface area contributed by atoms with Crippen LogP contribution >= 0.6 is 15.9 Å². The lowest BCUT2D eigenvalue weighted by atomic mass is 10.1. The number of fused-ring (bicyclic) bond motifs is 6. The predicted molar refractivity (Wildman–Crippen MR) is 103 cm³/mol. The van der Waals surface area contributed by atoms with Crippen molar-refractivity contribution in [3.8, 4) is 11.3 Å². The number of hydrogen-bond donors (Lipinski definition) is 0. The van der Waals surface area contributed by atoms with E-state index in [1.54, 1.807) is 0 Å². The molecule has 0 aliphatic heterocycles. The number of hydrogen-bond acceptors (Lipinski definition) is 1. The lowest BCUT2D eigenvalue weighted by Gasteiger charge is -2.07. The van der Waals surface area contributed by atoms with Crippen molar-refractivity contribution in [3.63, 3.8) is 0 Å². The fraction of sp³-hybridized carbons (Fsp3) is 0. The summed E-state index contributed by atoms with van der Waals surface area (Å²) in [6.07, 6.45) is 2.13. The number of nitrogens with zero attached hydrogens (tertiary/aromatic N) is 2. The van der Waals surface area contributed by atoms with Gasteiger partial charge in [-0.2, -0.15) is 0 Å². The summed E-state index contributed by atoms with van der Waals surface area (Å²) in [5.74, 6) is 0. The van der Waals surface area contributed by atoms with Crippen LogP contribution in [0, 0.1) is 0 Å². The molecule has 0 fully saturated rings. The highest BCUT2D eigenvalue weighted by molar-refractivity contribution is 9.10. The summed E-state index contributed by atoms with van der Waals surface area (Å²) >= 11 is 3.55. The topological polar surface area (TPSA) is 17.3 Å². The minimum Gasteiger partial charge on any atom is -0.298 e. The smallest absolute Gasteiger partial charge is 0.145 e. The molecule has 0 N–H and O–H groups in total. The Bertz CT molecular complexity index is 1150. The van der Waals surface area contributed by atoms with Gasteiger partial charge < -0.3 is 0 Å². The molecule has 5 rings (SSSR count). The second-order valence-corrected chi connectivity index (χ2v) is 6.81. The standard InChI is InChI=1S/C21H13BrN2/c22-15-7-5-6-14(12-15)19-13-24-20-11-4-3-9-17(20)16-8-1-2-10-18(16)21(24)23-19/h1-13H. The van der Waals surface area contributed by atoms with E-state index in [0.29, 0.717) is 0 Å². The quantitative estimate of drug-likeness (QED) is 0.326. The molecule has 0 saturated carbocycles. The van der Waals surface area contributed by atoms with E-state index >= 15 is 0 Å². The Hall–Kier alpha value is -2.65. The van der Waals surface area contributed by atoms with Crippen LogP contribution in [0.4, 0.5) is 0 Å².